The molecular weight excluding hydrogens is 584 g/mol. The fourth-order valence-electron chi connectivity index (χ4n) is 5.10. The minimum Gasteiger partial charge on any atom is -0.476 e. The first-order valence-electron chi connectivity index (χ1n) is 14.4. The molecule has 1 aliphatic carbocycles. The fourth-order valence-corrected chi connectivity index (χ4v) is 5.22. The van der Waals surface area contributed by atoms with E-state index in [2.05, 4.69) is 15.7 Å². The van der Waals surface area contributed by atoms with Crippen LogP contribution in [0.5, 0.6) is 11.5 Å². The molecule has 0 bridgehead atoms. The van der Waals surface area contributed by atoms with Gasteiger partial charge in [0.05, 0.1) is 24.4 Å². The molecule has 0 saturated heterocycles. The molecular formula is C33H33ClN4O6. The Morgan fingerprint density at radius 1 is 1.00 bits per heavy atom. The van der Waals surface area contributed by atoms with E-state index in [0.717, 1.165) is 41.5 Å². The number of anilines is 1. The summed E-state index contributed by atoms with van der Waals surface area (Å²) in [6.45, 7) is 1.88. The number of carboxylic acid groups (broad SMARTS) is 1. The van der Waals surface area contributed by atoms with Crippen LogP contribution in [-0.4, -0.2) is 44.8 Å². The summed E-state index contributed by atoms with van der Waals surface area (Å²) in [5.41, 5.74) is 1.89. The van der Waals surface area contributed by atoms with E-state index in [1.165, 1.54) is 6.07 Å². The minimum atomic E-state index is -1.31. The van der Waals surface area contributed by atoms with E-state index in [4.69, 9.17) is 21.1 Å². The summed E-state index contributed by atoms with van der Waals surface area (Å²) in [7, 11) is 0. The smallest absolute Gasteiger partial charge is 0.356 e. The van der Waals surface area contributed by atoms with Crippen LogP contribution in [-0.2, 0) is 22.7 Å². The third kappa shape index (κ3) is 7.83. The number of ether oxygens (including phenoxy) is 2. The Morgan fingerprint density at radius 2 is 1.75 bits per heavy atom. The first-order valence-corrected chi connectivity index (χ1v) is 14.7. The van der Waals surface area contributed by atoms with E-state index >= 15 is 0 Å². The fraction of sp³-hybridized carbons (Fsp3) is 0.273. The van der Waals surface area contributed by atoms with Crippen LogP contribution in [0.1, 0.15) is 57.8 Å². The van der Waals surface area contributed by atoms with Crippen molar-refractivity contribution in [2.45, 2.75) is 57.9 Å². The van der Waals surface area contributed by atoms with Crippen LogP contribution in [0.15, 0.2) is 78.9 Å². The SMILES string of the molecule is Cc1cc(Oc2ccccc2NC(=O)Cn2nc(C(=O)O)cc2C(=O)N[C@H]2CCCC[C@@H]2OCc2ccccc2)ccc1Cl. The number of aromatic nitrogens is 2. The molecule has 5 rings (SSSR count). The largest absolute Gasteiger partial charge is 0.476 e. The van der Waals surface area contributed by atoms with Gasteiger partial charge < -0.3 is 25.2 Å². The third-order valence-corrected chi connectivity index (χ3v) is 7.79. The number of amides is 2. The van der Waals surface area contributed by atoms with Gasteiger partial charge in [-0.2, -0.15) is 5.10 Å². The summed E-state index contributed by atoms with van der Waals surface area (Å²) in [4.78, 5) is 38.4. The van der Waals surface area contributed by atoms with E-state index in [-0.39, 0.29) is 23.5 Å². The van der Waals surface area contributed by atoms with Gasteiger partial charge in [-0.1, -0.05) is 66.9 Å². The van der Waals surface area contributed by atoms with Crippen LogP contribution >= 0.6 is 11.6 Å². The Balaban J connectivity index is 1.28. The van der Waals surface area contributed by atoms with Crippen molar-refractivity contribution < 1.29 is 29.0 Å². The number of carboxylic acids is 1. The van der Waals surface area contributed by atoms with Crippen LogP contribution in [0.4, 0.5) is 5.69 Å². The molecule has 1 heterocycles. The van der Waals surface area contributed by atoms with Crippen molar-refractivity contribution in [1.29, 1.82) is 0 Å². The molecule has 3 N–H and O–H groups in total. The first kappa shape index (κ1) is 30.8. The molecule has 0 aliphatic heterocycles. The second-order valence-electron chi connectivity index (χ2n) is 10.6. The molecule has 228 valence electrons. The van der Waals surface area contributed by atoms with Crippen LogP contribution in [0.3, 0.4) is 0 Å². The zero-order valence-electron chi connectivity index (χ0n) is 24.2. The highest BCUT2D eigenvalue weighted by atomic mass is 35.5. The van der Waals surface area contributed by atoms with Crippen LogP contribution in [0, 0.1) is 6.92 Å². The summed E-state index contributed by atoms with van der Waals surface area (Å²) < 4.78 is 13.3. The van der Waals surface area contributed by atoms with Crippen molar-refractivity contribution in [3.63, 3.8) is 0 Å². The van der Waals surface area contributed by atoms with E-state index < -0.39 is 24.3 Å². The van der Waals surface area contributed by atoms with Gasteiger partial charge in [-0.15, -0.1) is 0 Å². The maximum absolute atomic E-state index is 13.5. The van der Waals surface area contributed by atoms with Crippen LogP contribution < -0.4 is 15.4 Å². The number of rotatable bonds is 11. The number of halogens is 1. The van der Waals surface area contributed by atoms with Crippen LogP contribution in [0.2, 0.25) is 5.02 Å². The second-order valence-corrected chi connectivity index (χ2v) is 11.0. The monoisotopic (exact) mass is 616 g/mol. The molecule has 0 unspecified atom stereocenters. The molecule has 1 aromatic heterocycles. The first-order chi connectivity index (χ1) is 21.3. The molecule has 44 heavy (non-hydrogen) atoms. The minimum absolute atomic E-state index is 0.0360. The number of nitrogens with zero attached hydrogens (tertiary/aromatic N) is 2. The van der Waals surface area contributed by atoms with E-state index in [1.807, 2.05) is 37.3 Å². The van der Waals surface area contributed by atoms with Crippen molar-refractivity contribution in [2.24, 2.45) is 0 Å². The highest BCUT2D eigenvalue weighted by Crippen LogP contribution is 2.31. The zero-order valence-corrected chi connectivity index (χ0v) is 24.9. The zero-order chi connectivity index (χ0) is 31.1. The molecule has 2 amide bonds. The predicted octanol–water partition coefficient (Wildman–Crippen LogP) is 6.23. The number of hydrogen-bond acceptors (Lipinski definition) is 6. The topological polar surface area (TPSA) is 132 Å². The second kappa shape index (κ2) is 14.2. The predicted molar refractivity (Wildman–Crippen MR) is 165 cm³/mol. The molecule has 1 aliphatic rings. The quantitative estimate of drug-likeness (QED) is 0.182. The van der Waals surface area contributed by atoms with E-state index in [9.17, 15) is 19.5 Å². The Kier molecular flexibility index (Phi) is 9.93. The average Bonchev–Trinajstić information content (AvgIpc) is 3.44. The van der Waals surface area contributed by atoms with Crippen molar-refractivity contribution in [2.75, 3.05) is 5.32 Å². The highest BCUT2D eigenvalue weighted by Gasteiger charge is 2.29. The lowest BCUT2D eigenvalue weighted by atomic mass is 9.92. The van der Waals surface area contributed by atoms with Gasteiger partial charge in [0.2, 0.25) is 5.91 Å². The summed E-state index contributed by atoms with van der Waals surface area (Å²) in [6.07, 6.45) is 3.21. The standard InChI is InChI=1S/C33H33ClN4O6/c1-21-17-23(15-16-24(21)34)44-30-14-8-6-12-26(30)35-31(39)19-38-28(18-27(37-38)33(41)42)32(40)36-25-11-5-7-13-29(25)43-20-22-9-3-2-4-10-22/h2-4,6,8-10,12,14-18,25,29H,5,7,11,13,19-20H2,1H3,(H,35,39)(H,36,40)(H,41,42)/t25-,29-/m0/s1. The molecule has 11 heteroatoms. The lowest BCUT2D eigenvalue weighted by Gasteiger charge is -2.32. The van der Waals surface area contributed by atoms with Gasteiger partial charge in [0.25, 0.3) is 5.91 Å². The Hall–Kier alpha value is -4.67. The molecule has 10 nitrogen and oxygen atoms in total. The molecule has 0 radical (unpaired) electrons. The maximum atomic E-state index is 13.5. The number of para-hydroxylation sites is 2. The molecule has 4 aromatic rings. The Morgan fingerprint density at radius 3 is 2.52 bits per heavy atom. The van der Waals surface area contributed by atoms with Crippen molar-refractivity contribution in [1.82, 2.24) is 15.1 Å². The van der Waals surface area contributed by atoms with Crippen molar-refractivity contribution in [3.8, 4) is 11.5 Å². The summed E-state index contributed by atoms with van der Waals surface area (Å²) in [5.74, 6) is -1.42. The molecule has 1 saturated carbocycles. The highest BCUT2D eigenvalue weighted by molar-refractivity contribution is 6.31. The molecule has 2 atom stereocenters. The third-order valence-electron chi connectivity index (χ3n) is 7.37. The van der Waals surface area contributed by atoms with Gasteiger partial charge in [-0.3, -0.25) is 9.59 Å². The number of hydrogen-bond donors (Lipinski definition) is 3. The number of aromatic carboxylic acids is 1. The summed E-state index contributed by atoms with van der Waals surface area (Å²) >= 11 is 6.12. The van der Waals surface area contributed by atoms with Crippen molar-refractivity contribution in [3.05, 3.63) is 106 Å². The van der Waals surface area contributed by atoms with Gasteiger partial charge >= 0.3 is 5.97 Å². The van der Waals surface area contributed by atoms with Gasteiger partial charge in [0, 0.05) is 11.1 Å². The number of benzene rings is 3. The molecule has 1 fully saturated rings. The normalized spacial score (nSPS) is 16.2. The maximum Gasteiger partial charge on any atom is 0.356 e. The summed E-state index contributed by atoms with van der Waals surface area (Å²) in [6, 6.07) is 22.8. The van der Waals surface area contributed by atoms with E-state index in [0.29, 0.717) is 28.8 Å². The lowest BCUT2D eigenvalue weighted by Crippen LogP contribution is -2.46. The number of aryl methyl sites for hydroxylation is 1. The number of carbonyl (C=O) groups is 3. The average molecular weight is 617 g/mol. The Bertz CT molecular complexity index is 1640. The van der Waals surface area contributed by atoms with Gasteiger partial charge in [-0.05, 0) is 61.2 Å². The Labute approximate surface area is 259 Å². The molecule has 0 spiro atoms. The van der Waals surface area contributed by atoms with Gasteiger partial charge in [0.1, 0.15) is 18.0 Å². The van der Waals surface area contributed by atoms with Gasteiger partial charge in [-0.25, -0.2) is 9.48 Å². The van der Waals surface area contributed by atoms with Gasteiger partial charge in [0.15, 0.2) is 11.4 Å². The van der Waals surface area contributed by atoms with E-state index in [1.54, 1.807) is 42.5 Å². The summed E-state index contributed by atoms with van der Waals surface area (Å²) in [5, 5.41) is 20.0. The number of carbonyl (C=O) groups excluding carboxylic acids is 2. The van der Waals surface area contributed by atoms with Crippen molar-refractivity contribution >= 4 is 35.1 Å². The molecule has 3 aromatic carbocycles. The number of nitrogens with one attached hydrogen (secondary N) is 2. The van der Waals surface area contributed by atoms with Crippen LogP contribution in [0.25, 0.3) is 0 Å². The lowest BCUT2D eigenvalue weighted by molar-refractivity contribution is -0.116.